The van der Waals surface area contributed by atoms with Crippen molar-refractivity contribution in [2.45, 2.75) is 46.6 Å². The molecule has 31 heavy (non-hydrogen) atoms. The number of rotatable bonds is 4. The molecule has 1 aliphatic rings. The maximum absolute atomic E-state index is 13.9. The number of amides is 1. The van der Waals surface area contributed by atoms with Gasteiger partial charge in [-0.25, -0.2) is 4.39 Å². The van der Waals surface area contributed by atoms with Crippen LogP contribution in [-0.4, -0.2) is 58.5 Å². The van der Waals surface area contributed by atoms with Crippen molar-refractivity contribution < 1.29 is 9.18 Å². The zero-order valence-corrected chi connectivity index (χ0v) is 19.1. The first-order valence-corrected chi connectivity index (χ1v) is 10.8. The minimum Gasteiger partial charge on any atom is -0.310 e. The fraction of sp³-hybridized carbons (Fsp3) is 0.500. The second-order valence-electron chi connectivity index (χ2n) is 9.20. The van der Waals surface area contributed by atoms with E-state index in [9.17, 15) is 14.4 Å². The third-order valence-electron chi connectivity index (χ3n) is 6.05. The molecule has 1 N–H and O–H groups in total. The van der Waals surface area contributed by atoms with E-state index in [-0.39, 0.29) is 23.8 Å². The molecule has 0 aliphatic carbocycles. The first kappa shape index (κ1) is 23.0. The van der Waals surface area contributed by atoms with Crippen LogP contribution in [0.5, 0.6) is 0 Å². The Kier molecular flexibility index (Phi) is 6.83. The molecule has 166 valence electrons. The van der Waals surface area contributed by atoms with E-state index in [1.54, 1.807) is 16.7 Å². The molecule has 0 saturated carbocycles. The van der Waals surface area contributed by atoms with Crippen LogP contribution < -0.4 is 5.32 Å². The van der Waals surface area contributed by atoms with Crippen LogP contribution in [0.1, 0.15) is 44.0 Å². The summed E-state index contributed by atoms with van der Waals surface area (Å²) >= 11 is 0. The summed E-state index contributed by atoms with van der Waals surface area (Å²) in [5.74, 6) is -0.137. The number of nitrogens with one attached hydrogen (secondary N) is 1. The van der Waals surface area contributed by atoms with E-state index in [1.807, 2.05) is 13.8 Å². The monoisotopic (exact) mass is 425 g/mol. The first-order chi connectivity index (χ1) is 14.6. The van der Waals surface area contributed by atoms with E-state index in [0.717, 1.165) is 43.9 Å². The molecule has 1 fully saturated rings. The number of aromatic nitrogens is 1. The van der Waals surface area contributed by atoms with Crippen molar-refractivity contribution in [3.05, 3.63) is 46.9 Å². The first-order valence-electron chi connectivity index (χ1n) is 10.8. The van der Waals surface area contributed by atoms with E-state index in [2.05, 4.69) is 42.0 Å². The van der Waals surface area contributed by atoms with Crippen molar-refractivity contribution in [3.8, 4) is 11.8 Å². The van der Waals surface area contributed by atoms with Gasteiger partial charge in [0.2, 0.25) is 5.91 Å². The Morgan fingerprint density at radius 1 is 1.19 bits per heavy atom. The summed E-state index contributed by atoms with van der Waals surface area (Å²) in [5.41, 5.74) is 2.67. The average Bonchev–Trinajstić information content (AvgIpc) is 2.84. The highest BCUT2D eigenvalue weighted by atomic mass is 19.1. The Hall–Kier alpha value is -2.69. The summed E-state index contributed by atoms with van der Waals surface area (Å²) in [6.07, 6.45) is 1.01. The van der Waals surface area contributed by atoms with E-state index >= 15 is 0 Å². The number of anilines is 1. The van der Waals surface area contributed by atoms with Gasteiger partial charge in [-0.05, 0) is 77.9 Å². The summed E-state index contributed by atoms with van der Waals surface area (Å²) in [6.45, 7) is 14.2. The molecule has 2 heterocycles. The number of benzene rings is 1. The lowest BCUT2D eigenvalue weighted by Gasteiger charge is -2.34. The molecule has 2 aromatic rings. The van der Waals surface area contributed by atoms with Crippen LogP contribution in [0, 0.1) is 31.0 Å². The number of nitrogens with zero attached hydrogens (tertiary/aromatic N) is 4. The van der Waals surface area contributed by atoms with Crippen LogP contribution >= 0.6 is 0 Å². The molecular weight excluding hydrogens is 393 g/mol. The van der Waals surface area contributed by atoms with Crippen molar-refractivity contribution in [2.75, 3.05) is 38.0 Å². The Morgan fingerprint density at radius 3 is 2.58 bits per heavy atom. The van der Waals surface area contributed by atoms with Crippen LogP contribution in [0.3, 0.4) is 0 Å². The van der Waals surface area contributed by atoms with Gasteiger partial charge in [-0.3, -0.25) is 19.2 Å². The Labute approximate surface area is 184 Å². The van der Waals surface area contributed by atoms with Gasteiger partial charge >= 0.3 is 0 Å². The Balaban J connectivity index is 1.80. The molecule has 6 nitrogen and oxygen atoms in total. The highest BCUT2D eigenvalue weighted by Gasteiger charge is 2.26. The van der Waals surface area contributed by atoms with Crippen molar-refractivity contribution >= 4 is 11.7 Å². The number of carbonyl (C=O) groups excluding carboxylic acids is 1. The normalized spacial score (nSPS) is 16.0. The van der Waals surface area contributed by atoms with Crippen molar-refractivity contribution in [1.82, 2.24) is 14.4 Å². The molecule has 1 saturated heterocycles. The predicted octanol–water partition coefficient (Wildman–Crippen LogP) is 3.85. The van der Waals surface area contributed by atoms with Gasteiger partial charge in [0.15, 0.2) is 0 Å². The molecule has 1 aromatic carbocycles. The number of nitriles is 1. The third kappa shape index (κ3) is 5.15. The molecule has 0 bridgehead atoms. The van der Waals surface area contributed by atoms with Gasteiger partial charge in [0.05, 0.1) is 17.8 Å². The lowest BCUT2D eigenvalue weighted by Crippen LogP contribution is -2.44. The molecule has 1 aromatic heterocycles. The maximum Gasteiger partial charge on any atom is 0.239 e. The Morgan fingerprint density at radius 2 is 1.94 bits per heavy atom. The van der Waals surface area contributed by atoms with Gasteiger partial charge in [-0.1, -0.05) is 6.07 Å². The van der Waals surface area contributed by atoms with E-state index < -0.39 is 0 Å². The molecule has 0 radical (unpaired) electrons. The van der Waals surface area contributed by atoms with Crippen LogP contribution in [0.25, 0.3) is 5.69 Å². The Bertz CT molecular complexity index is 999. The molecule has 0 spiro atoms. The highest BCUT2D eigenvalue weighted by Crippen LogP contribution is 2.30. The fourth-order valence-electron chi connectivity index (χ4n) is 4.17. The predicted molar refractivity (Wildman–Crippen MR) is 121 cm³/mol. The highest BCUT2D eigenvalue weighted by molar-refractivity contribution is 5.93. The lowest BCUT2D eigenvalue weighted by atomic mass is 10.1. The van der Waals surface area contributed by atoms with Crippen LogP contribution in [0.2, 0.25) is 0 Å². The molecule has 1 amide bonds. The molecule has 0 unspecified atom stereocenters. The van der Waals surface area contributed by atoms with E-state index in [1.165, 1.54) is 12.1 Å². The summed E-state index contributed by atoms with van der Waals surface area (Å²) in [5, 5.41) is 12.7. The second-order valence-corrected chi connectivity index (χ2v) is 9.20. The fourth-order valence-corrected chi connectivity index (χ4v) is 4.17. The summed E-state index contributed by atoms with van der Waals surface area (Å²) in [7, 11) is 0. The summed E-state index contributed by atoms with van der Waals surface area (Å²) in [4.78, 5) is 17.5. The minimum absolute atomic E-state index is 0.112. The SMILES string of the molecule is Cc1c(C#N)c(NC(=O)CN2CCCN(C(C)(C)C)CC2)n(-c2cccc(F)c2)c1C. The zero-order chi connectivity index (χ0) is 22.8. The topological polar surface area (TPSA) is 64.3 Å². The van der Waals surface area contributed by atoms with Crippen molar-refractivity contribution in [2.24, 2.45) is 0 Å². The number of hydrogen-bond acceptors (Lipinski definition) is 4. The number of halogens is 1. The van der Waals surface area contributed by atoms with Gasteiger partial charge in [-0.2, -0.15) is 5.26 Å². The van der Waals surface area contributed by atoms with Crippen LogP contribution in [0.4, 0.5) is 10.2 Å². The summed E-state index contributed by atoms with van der Waals surface area (Å²) < 4.78 is 15.6. The quantitative estimate of drug-likeness (QED) is 0.808. The van der Waals surface area contributed by atoms with Gasteiger partial charge < -0.3 is 5.32 Å². The van der Waals surface area contributed by atoms with Crippen molar-refractivity contribution in [3.63, 3.8) is 0 Å². The zero-order valence-electron chi connectivity index (χ0n) is 19.1. The van der Waals surface area contributed by atoms with E-state index in [4.69, 9.17) is 0 Å². The van der Waals surface area contributed by atoms with Gasteiger partial charge in [0.25, 0.3) is 0 Å². The number of hydrogen-bond donors (Lipinski definition) is 1. The van der Waals surface area contributed by atoms with E-state index in [0.29, 0.717) is 17.1 Å². The molecular formula is C24H32FN5O. The minimum atomic E-state index is -0.369. The second kappa shape index (κ2) is 9.21. The smallest absolute Gasteiger partial charge is 0.239 e. The maximum atomic E-state index is 13.9. The summed E-state index contributed by atoms with van der Waals surface area (Å²) in [6, 6.07) is 8.36. The molecule has 1 aliphatic heterocycles. The van der Waals surface area contributed by atoms with Gasteiger partial charge in [0.1, 0.15) is 17.7 Å². The van der Waals surface area contributed by atoms with Gasteiger partial charge in [-0.15, -0.1) is 0 Å². The molecule has 7 heteroatoms. The molecule has 3 rings (SSSR count). The molecule has 0 atom stereocenters. The van der Waals surface area contributed by atoms with Crippen molar-refractivity contribution in [1.29, 1.82) is 5.26 Å². The van der Waals surface area contributed by atoms with Crippen LogP contribution in [0.15, 0.2) is 24.3 Å². The number of carbonyl (C=O) groups is 1. The largest absolute Gasteiger partial charge is 0.310 e. The lowest BCUT2D eigenvalue weighted by molar-refractivity contribution is -0.117. The average molecular weight is 426 g/mol. The third-order valence-corrected chi connectivity index (χ3v) is 6.05. The standard InChI is InChI=1S/C24H32FN5O/c1-17-18(2)30(20-9-6-8-19(25)14-20)23(21(17)15-26)27-22(31)16-28-10-7-11-29(13-12-28)24(3,4)5/h6,8-9,14H,7,10-13,16H2,1-5H3,(H,27,31). The van der Waals surface area contributed by atoms with Crippen LogP contribution in [-0.2, 0) is 4.79 Å². The van der Waals surface area contributed by atoms with Gasteiger partial charge in [0, 0.05) is 24.3 Å².